The van der Waals surface area contributed by atoms with E-state index in [4.69, 9.17) is 11.6 Å². The number of unbranched alkanes of at least 4 members (excludes halogenated alkanes) is 6. The zero-order valence-corrected chi connectivity index (χ0v) is 21.2. The lowest BCUT2D eigenvalue weighted by Gasteiger charge is -2.39. The predicted octanol–water partition coefficient (Wildman–Crippen LogP) is 6.51. The molecule has 0 spiro atoms. The molecular formula is C24H44ClNO3S. The molecule has 176 valence electrons. The number of nitrogens with zero attached hydrogens (tertiary/aromatic N) is 1. The largest absolute Gasteiger partial charge is 0.744 e. The van der Waals surface area contributed by atoms with Crippen LogP contribution in [0, 0.1) is 6.92 Å². The minimum atomic E-state index is -4.27. The number of aryl methyl sites for hydroxylation is 1. The smallest absolute Gasteiger partial charge is 0.124 e. The quantitative estimate of drug-likeness (QED) is 0.129. The molecule has 1 aromatic rings. The van der Waals surface area contributed by atoms with Crippen LogP contribution in [0.5, 0.6) is 0 Å². The molecule has 0 aliphatic heterocycles. The second kappa shape index (κ2) is 17.0. The van der Waals surface area contributed by atoms with Gasteiger partial charge in [-0.1, -0.05) is 64.2 Å². The molecule has 30 heavy (non-hydrogen) atoms. The molecule has 1 rings (SSSR count). The summed E-state index contributed by atoms with van der Waals surface area (Å²) < 4.78 is 32.5. The molecule has 0 bridgehead atoms. The highest BCUT2D eigenvalue weighted by molar-refractivity contribution is 7.85. The minimum Gasteiger partial charge on any atom is -0.744 e. The molecule has 0 radical (unpaired) electrons. The number of hydrogen-bond acceptors (Lipinski definition) is 3. The van der Waals surface area contributed by atoms with Crippen molar-refractivity contribution >= 4 is 21.7 Å². The first-order valence-corrected chi connectivity index (χ1v) is 13.6. The van der Waals surface area contributed by atoms with E-state index in [0.717, 1.165) is 11.4 Å². The molecule has 1 atom stereocenters. The molecule has 6 heteroatoms. The zero-order chi connectivity index (χ0) is 22.9. The van der Waals surface area contributed by atoms with Gasteiger partial charge in [0.25, 0.3) is 0 Å². The van der Waals surface area contributed by atoms with Crippen LogP contribution in [0.3, 0.4) is 0 Å². The Balaban J connectivity index is 0.000000642. The number of halogens is 1. The van der Waals surface area contributed by atoms with Crippen molar-refractivity contribution in [2.45, 2.75) is 90.4 Å². The normalized spacial score (nSPS) is 13.4. The van der Waals surface area contributed by atoms with Crippen molar-refractivity contribution in [3.63, 3.8) is 0 Å². The van der Waals surface area contributed by atoms with E-state index in [-0.39, 0.29) is 4.90 Å². The van der Waals surface area contributed by atoms with Crippen molar-refractivity contribution in [2.24, 2.45) is 0 Å². The first-order valence-electron chi connectivity index (χ1n) is 11.7. The number of alkyl halides is 1. The fraction of sp³-hybridized carbons (Fsp3) is 0.750. The molecule has 0 saturated heterocycles. The van der Waals surface area contributed by atoms with E-state index in [1.54, 1.807) is 12.1 Å². The van der Waals surface area contributed by atoms with Crippen molar-refractivity contribution in [3.05, 3.63) is 29.8 Å². The van der Waals surface area contributed by atoms with E-state index in [0.29, 0.717) is 0 Å². The van der Waals surface area contributed by atoms with Crippen molar-refractivity contribution in [1.82, 2.24) is 0 Å². The highest BCUT2D eigenvalue weighted by Crippen LogP contribution is 2.16. The highest BCUT2D eigenvalue weighted by Gasteiger charge is 2.25. The summed E-state index contributed by atoms with van der Waals surface area (Å²) in [4.78, 5) is -0.178. The van der Waals surface area contributed by atoms with E-state index < -0.39 is 10.1 Å². The number of quaternary nitrogens is 1. The van der Waals surface area contributed by atoms with Gasteiger partial charge in [-0.2, -0.15) is 0 Å². The van der Waals surface area contributed by atoms with Gasteiger partial charge in [0.2, 0.25) is 0 Å². The zero-order valence-electron chi connectivity index (χ0n) is 19.7. The molecule has 0 aliphatic rings. The summed E-state index contributed by atoms with van der Waals surface area (Å²) in [7, 11) is -4.27. The van der Waals surface area contributed by atoms with E-state index in [1.807, 2.05) is 6.92 Å². The molecule has 0 saturated carbocycles. The standard InChI is InChI=1S/C17H37ClN.C7H8O3S/c1-4-7-10-12-16-19(17-13-18,14-9-6-3)15-11-8-5-2;1-6-2-4-7(5-3-6)11(8,9)10/h4-17H2,1-3H3;2-5H,1H3,(H,8,9,10)/q+1;/p-1. The number of benzene rings is 1. The Morgan fingerprint density at radius 1 is 0.767 bits per heavy atom. The van der Waals surface area contributed by atoms with Crippen LogP contribution in [-0.2, 0) is 10.1 Å². The Hall–Kier alpha value is -0.620. The summed E-state index contributed by atoms with van der Waals surface area (Å²) in [6.45, 7) is 13.9. The summed E-state index contributed by atoms with van der Waals surface area (Å²) in [5.41, 5.74) is 0.928. The van der Waals surface area contributed by atoms with Gasteiger partial charge in [-0.05, 0) is 51.2 Å². The number of hydrogen-bond donors (Lipinski definition) is 0. The maximum atomic E-state index is 10.4. The van der Waals surface area contributed by atoms with E-state index in [9.17, 15) is 13.0 Å². The van der Waals surface area contributed by atoms with E-state index >= 15 is 0 Å². The molecular weight excluding hydrogens is 418 g/mol. The number of rotatable bonds is 15. The van der Waals surface area contributed by atoms with Gasteiger partial charge in [0.15, 0.2) is 0 Å². The lowest BCUT2D eigenvalue weighted by molar-refractivity contribution is -0.926. The van der Waals surface area contributed by atoms with Gasteiger partial charge in [0.1, 0.15) is 10.1 Å². The Labute approximate surface area is 191 Å². The summed E-state index contributed by atoms with van der Waals surface area (Å²) in [5, 5.41) is 0. The van der Waals surface area contributed by atoms with Crippen molar-refractivity contribution in [1.29, 1.82) is 0 Å². The maximum Gasteiger partial charge on any atom is 0.124 e. The topological polar surface area (TPSA) is 57.2 Å². The molecule has 1 unspecified atom stereocenters. The molecule has 0 amide bonds. The summed E-state index contributed by atoms with van der Waals surface area (Å²) in [6.07, 6.45) is 12.3. The van der Waals surface area contributed by atoms with Gasteiger partial charge in [0.05, 0.1) is 37.0 Å². The van der Waals surface area contributed by atoms with E-state index in [1.165, 1.54) is 101 Å². The summed E-state index contributed by atoms with van der Waals surface area (Å²) in [5.74, 6) is 0.823. The van der Waals surface area contributed by atoms with Gasteiger partial charge in [0, 0.05) is 0 Å². The average Bonchev–Trinajstić information content (AvgIpc) is 2.70. The van der Waals surface area contributed by atoms with Crippen LogP contribution in [0.1, 0.15) is 84.1 Å². The highest BCUT2D eigenvalue weighted by atomic mass is 35.5. The molecule has 4 nitrogen and oxygen atoms in total. The first kappa shape index (κ1) is 29.4. The lowest BCUT2D eigenvalue weighted by atomic mass is 10.1. The minimum absolute atomic E-state index is 0.178. The Bertz CT molecular complexity index is 634. The monoisotopic (exact) mass is 461 g/mol. The average molecular weight is 462 g/mol. The Morgan fingerprint density at radius 2 is 1.23 bits per heavy atom. The maximum absolute atomic E-state index is 10.4. The third-order valence-electron chi connectivity index (χ3n) is 5.58. The SMILES string of the molecule is CCCCCC[N+](CCCl)(CCCC)CCCCC.Cc1ccc(S(=O)(=O)[O-])cc1. The van der Waals surface area contributed by atoms with Gasteiger partial charge in [-0.25, -0.2) is 8.42 Å². The molecule has 0 N–H and O–H groups in total. The van der Waals surface area contributed by atoms with Crippen LogP contribution < -0.4 is 0 Å². The van der Waals surface area contributed by atoms with Crippen LogP contribution in [-0.4, -0.2) is 49.5 Å². The fourth-order valence-corrected chi connectivity index (χ4v) is 4.45. The summed E-state index contributed by atoms with van der Waals surface area (Å²) >= 11 is 6.10. The van der Waals surface area contributed by atoms with Crippen LogP contribution >= 0.6 is 11.6 Å². The third-order valence-corrected chi connectivity index (χ3v) is 6.60. The van der Waals surface area contributed by atoms with Crippen LogP contribution in [0.2, 0.25) is 0 Å². The van der Waals surface area contributed by atoms with Crippen molar-refractivity contribution in [2.75, 3.05) is 32.1 Å². The molecule has 1 aromatic carbocycles. The van der Waals surface area contributed by atoms with Gasteiger partial charge in [-0.15, -0.1) is 11.6 Å². The van der Waals surface area contributed by atoms with Crippen LogP contribution in [0.4, 0.5) is 0 Å². The molecule has 0 heterocycles. The fourth-order valence-electron chi connectivity index (χ4n) is 3.62. The van der Waals surface area contributed by atoms with Gasteiger partial charge in [-0.3, -0.25) is 0 Å². The van der Waals surface area contributed by atoms with Crippen LogP contribution in [0.15, 0.2) is 29.2 Å². The van der Waals surface area contributed by atoms with Crippen molar-refractivity contribution < 1.29 is 17.5 Å². The van der Waals surface area contributed by atoms with Crippen LogP contribution in [0.25, 0.3) is 0 Å². The second-order valence-corrected chi connectivity index (χ2v) is 10.1. The Morgan fingerprint density at radius 3 is 1.70 bits per heavy atom. The van der Waals surface area contributed by atoms with Gasteiger partial charge < -0.3 is 9.04 Å². The molecule has 0 fully saturated rings. The predicted molar refractivity (Wildman–Crippen MR) is 128 cm³/mol. The molecule has 0 aromatic heterocycles. The third kappa shape index (κ3) is 13.6. The lowest BCUT2D eigenvalue weighted by Crippen LogP contribution is -2.51. The Kier molecular flexibility index (Phi) is 16.6. The first-order chi connectivity index (χ1) is 14.2. The molecule has 0 aliphatic carbocycles. The second-order valence-electron chi connectivity index (χ2n) is 8.31. The van der Waals surface area contributed by atoms with Crippen molar-refractivity contribution in [3.8, 4) is 0 Å². The van der Waals surface area contributed by atoms with E-state index in [2.05, 4.69) is 20.8 Å². The summed E-state index contributed by atoms with van der Waals surface area (Å²) in [6, 6.07) is 5.78. The van der Waals surface area contributed by atoms with Gasteiger partial charge >= 0.3 is 0 Å².